The fourth-order valence-electron chi connectivity index (χ4n) is 11.8. The molecule has 3 saturated heterocycles. The molecule has 2 N–H and O–H groups in total. The standard InChI is InChI=1S/C49H52N4O6/c54-37-11-13-39-33(24-37)8-12-38(31-4-2-1-3-5-31)45(39)32-6-9-35(10-7-32)51-20-16-48(17-21-51)27-36(28-48)52-22-18-49(19-23-52)30-58-42-26-40-34(25-43(42)59-49)29-53(47(40)57)41-14-15-44(55)50-46(41)56/h1-7,9-11,13,24-26,36,38,41,45,54H,8,12,14-23,27-30H2,(H,50,55,56)/t38-,41?,45+/m1/s1. The van der Waals surface area contributed by atoms with Crippen molar-refractivity contribution >= 4 is 23.4 Å². The maximum Gasteiger partial charge on any atom is 0.255 e. The monoisotopic (exact) mass is 792 g/mol. The summed E-state index contributed by atoms with van der Waals surface area (Å²) in [5, 5.41) is 12.6. The molecule has 4 aromatic rings. The lowest BCUT2D eigenvalue weighted by atomic mass is 9.59. The number of hydrogen-bond donors (Lipinski definition) is 2. The third-order valence-electron chi connectivity index (χ3n) is 15.2. The molecule has 0 radical (unpaired) electrons. The lowest BCUT2D eigenvalue weighted by Crippen LogP contribution is -2.60. The fourth-order valence-corrected chi connectivity index (χ4v) is 11.8. The normalized spacial score (nSPS) is 26.0. The Balaban J connectivity index is 0.689. The van der Waals surface area contributed by atoms with Crippen LogP contribution < -0.4 is 19.7 Å². The summed E-state index contributed by atoms with van der Waals surface area (Å²) in [4.78, 5) is 44.4. The predicted octanol–water partition coefficient (Wildman–Crippen LogP) is 7.07. The topological polar surface area (TPSA) is 112 Å². The molecule has 4 aromatic carbocycles. The molecule has 3 atom stereocenters. The SMILES string of the molecule is O=C1CCC(N2Cc3cc4c(cc3C2=O)OCC2(CCN(C3CC5(CCN(c6ccc([C@@H]7c8ccc(O)cc8CC[C@@H]7c7ccccc7)cc6)CC5)C3)CC2)O4)C(=O)N1. The highest BCUT2D eigenvalue weighted by Gasteiger charge is 2.51. The van der Waals surface area contributed by atoms with Crippen LogP contribution in [0, 0.1) is 5.41 Å². The largest absolute Gasteiger partial charge is 0.508 e. The van der Waals surface area contributed by atoms with Crippen LogP contribution in [0.15, 0.2) is 84.9 Å². The molecule has 3 amide bonds. The number of fused-ring (bicyclic) bond motifs is 3. The van der Waals surface area contributed by atoms with E-state index in [-0.39, 0.29) is 29.8 Å². The van der Waals surface area contributed by atoms with Crippen LogP contribution in [0.5, 0.6) is 17.2 Å². The summed E-state index contributed by atoms with van der Waals surface area (Å²) >= 11 is 0. The number of carbonyl (C=O) groups is 3. The van der Waals surface area contributed by atoms with Gasteiger partial charge in [0.25, 0.3) is 5.91 Å². The Morgan fingerprint density at radius 3 is 2.29 bits per heavy atom. The van der Waals surface area contributed by atoms with Gasteiger partial charge in [0.1, 0.15) is 24.0 Å². The highest BCUT2D eigenvalue weighted by atomic mass is 16.6. The van der Waals surface area contributed by atoms with Gasteiger partial charge in [0.2, 0.25) is 11.8 Å². The summed E-state index contributed by atoms with van der Waals surface area (Å²) in [6.45, 7) is 4.96. The first-order valence-corrected chi connectivity index (χ1v) is 21.8. The molecule has 2 spiro atoms. The average molecular weight is 793 g/mol. The first kappa shape index (κ1) is 36.7. The molecule has 11 rings (SSSR count). The van der Waals surface area contributed by atoms with Crippen LogP contribution in [0.3, 0.4) is 0 Å². The summed E-state index contributed by atoms with van der Waals surface area (Å²) < 4.78 is 13.1. The van der Waals surface area contributed by atoms with E-state index in [2.05, 4.69) is 75.8 Å². The quantitative estimate of drug-likeness (QED) is 0.207. The van der Waals surface area contributed by atoms with E-state index < -0.39 is 11.9 Å². The fraction of sp³-hybridized carbons (Fsp3) is 0.449. The number of amides is 3. The van der Waals surface area contributed by atoms with E-state index in [4.69, 9.17) is 9.47 Å². The number of phenols is 1. The number of ether oxygens (including phenoxy) is 2. The minimum absolute atomic E-state index is 0.199. The maximum atomic E-state index is 13.3. The van der Waals surface area contributed by atoms with Gasteiger partial charge in [-0.15, -0.1) is 0 Å². The molecular formula is C49H52N4O6. The maximum absolute atomic E-state index is 13.3. The number of hydrogen-bond acceptors (Lipinski definition) is 8. The molecule has 1 unspecified atom stereocenters. The minimum atomic E-state index is -0.643. The molecule has 0 aromatic heterocycles. The van der Waals surface area contributed by atoms with E-state index in [9.17, 15) is 19.5 Å². The number of aromatic hydroxyl groups is 1. The molecule has 59 heavy (non-hydrogen) atoms. The zero-order valence-corrected chi connectivity index (χ0v) is 33.5. The van der Waals surface area contributed by atoms with Crippen LogP contribution in [-0.4, -0.2) is 83.1 Å². The van der Waals surface area contributed by atoms with Crippen molar-refractivity contribution in [3.8, 4) is 17.2 Å². The van der Waals surface area contributed by atoms with E-state index in [1.54, 1.807) is 11.0 Å². The Bertz CT molecular complexity index is 2300. The van der Waals surface area contributed by atoms with E-state index in [0.29, 0.717) is 59.8 Å². The molecule has 1 saturated carbocycles. The third-order valence-corrected chi connectivity index (χ3v) is 15.2. The smallest absolute Gasteiger partial charge is 0.255 e. The number of carbonyl (C=O) groups excluding carboxylic acids is 3. The van der Waals surface area contributed by atoms with Crippen LogP contribution in [0.2, 0.25) is 0 Å². The molecule has 0 bridgehead atoms. The van der Waals surface area contributed by atoms with Gasteiger partial charge >= 0.3 is 0 Å². The Hall–Kier alpha value is -5.35. The highest BCUT2D eigenvalue weighted by Crippen LogP contribution is 2.53. The van der Waals surface area contributed by atoms with Crippen LogP contribution in [0.25, 0.3) is 0 Å². The number of likely N-dealkylation sites (tertiary alicyclic amines) is 1. The van der Waals surface area contributed by atoms with Gasteiger partial charge in [0, 0.05) is 75.2 Å². The summed E-state index contributed by atoms with van der Waals surface area (Å²) in [6, 6.07) is 30.0. The number of nitrogens with one attached hydrogen (secondary N) is 1. The van der Waals surface area contributed by atoms with Gasteiger partial charge in [-0.2, -0.15) is 0 Å². The molecule has 10 heteroatoms. The summed E-state index contributed by atoms with van der Waals surface area (Å²) in [5.74, 6) is 1.40. The highest BCUT2D eigenvalue weighted by molar-refractivity contribution is 6.05. The Morgan fingerprint density at radius 2 is 1.53 bits per heavy atom. The Labute approximate surface area is 345 Å². The Morgan fingerprint density at radius 1 is 0.746 bits per heavy atom. The average Bonchev–Trinajstić information content (AvgIpc) is 3.56. The zero-order chi connectivity index (χ0) is 39.9. The lowest BCUT2D eigenvalue weighted by Gasteiger charge is -2.57. The van der Waals surface area contributed by atoms with Crippen molar-refractivity contribution in [2.45, 2.75) is 100 Å². The van der Waals surface area contributed by atoms with Crippen molar-refractivity contribution in [2.24, 2.45) is 5.41 Å². The van der Waals surface area contributed by atoms with Gasteiger partial charge < -0.3 is 29.3 Å². The summed E-state index contributed by atoms with van der Waals surface area (Å²) in [7, 11) is 0. The van der Waals surface area contributed by atoms with Crippen molar-refractivity contribution in [3.63, 3.8) is 0 Å². The van der Waals surface area contributed by atoms with E-state index in [1.807, 2.05) is 18.2 Å². The molecule has 7 aliphatic rings. The molecule has 2 aliphatic carbocycles. The third kappa shape index (κ3) is 6.46. The lowest BCUT2D eigenvalue weighted by molar-refractivity contribution is -0.136. The second-order valence-corrected chi connectivity index (χ2v) is 18.5. The molecule has 4 fully saturated rings. The summed E-state index contributed by atoms with van der Waals surface area (Å²) in [6.07, 6.45) is 9.44. The molecule has 5 heterocycles. The molecule has 5 aliphatic heterocycles. The van der Waals surface area contributed by atoms with Crippen molar-refractivity contribution in [2.75, 3.05) is 37.7 Å². The number of anilines is 1. The van der Waals surface area contributed by atoms with Crippen LogP contribution in [0.4, 0.5) is 5.69 Å². The second-order valence-electron chi connectivity index (χ2n) is 18.5. The van der Waals surface area contributed by atoms with Gasteiger partial charge in [0.15, 0.2) is 11.5 Å². The van der Waals surface area contributed by atoms with E-state index >= 15 is 0 Å². The number of nitrogens with zero attached hydrogens (tertiary/aromatic N) is 3. The number of imide groups is 1. The molecule has 304 valence electrons. The van der Waals surface area contributed by atoms with Crippen LogP contribution in [0.1, 0.15) is 108 Å². The molecule has 10 nitrogen and oxygen atoms in total. The molecular weight excluding hydrogens is 741 g/mol. The van der Waals surface area contributed by atoms with E-state index in [1.165, 1.54) is 53.6 Å². The number of aryl methyl sites for hydroxylation is 1. The number of benzene rings is 4. The Kier molecular flexibility index (Phi) is 8.80. The first-order valence-electron chi connectivity index (χ1n) is 21.8. The number of piperidine rings is 3. The van der Waals surface area contributed by atoms with Gasteiger partial charge in [0.05, 0.1) is 0 Å². The van der Waals surface area contributed by atoms with Gasteiger partial charge in [-0.25, -0.2) is 0 Å². The van der Waals surface area contributed by atoms with Crippen molar-refractivity contribution < 1.29 is 29.0 Å². The van der Waals surface area contributed by atoms with Gasteiger partial charge in [-0.05, 0) is 120 Å². The van der Waals surface area contributed by atoms with Gasteiger partial charge in [-0.3, -0.25) is 19.7 Å². The van der Waals surface area contributed by atoms with Gasteiger partial charge in [-0.1, -0.05) is 48.5 Å². The first-order chi connectivity index (χ1) is 28.7. The predicted molar refractivity (Wildman–Crippen MR) is 223 cm³/mol. The van der Waals surface area contributed by atoms with Crippen LogP contribution in [-0.2, 0) is 22.6 Å². The number of rotatable bonds is 5. The second kappa shape index (κ2) is 14.1. The summed E-state index contributed by atoms with van der Waals surface area (Å²) in [5.41, 5.74) is 8.11. The number of phenolic OH excluding ortho intramolecular Hbond substituents is 1. The van der Waals surface area contributed by atoms with E-state index in [0.717, 1.165) is 57.4 Å². The van der Waals surface area contributed by atoms with Crippen LogP contribution >= 0.6 is 0 Å². The van der Waals surface area contributed by atoms with Crippen molar-refractivity contribution in [1.82, 2.24) is 15.1 Å². The van der Waals surface area contributed by atoms with Crippen molar-refractivity contribution in [3.05, 3.63) is 118 Å². The van der Waals surface area contributed by atoms with Crippen molar-refractivity contribution in [1.29, 1.82) is 0 Å². The minimum Gasteiger partial charge on any atom is -0.508 e. The zero-order valence-electron chi connectivity index (χ0n) is 33.5.